The van der Waals surface area contributed by atoms with E-state index in [-0.39, 0.29) is 5.56 Å². The zero-order chi connectivity index (χ0) is 15.2. The van der Waals surface area contributed by atoms with Gasteiger partial charge in [-0.3, -0.25) is 0 Å². The van der Waals surface area contributed by atoms with Crippen molar-refractivity contribution in [3.8, 4) is 0 Å². The van der Waals surface area contributed by atoms with Gasteiger partial charge in [0.1, 0.15) is 4.90 Å². The molecule has 0 bridgehead atoms. The maximum Gasteiger partial charge on any atom is 0.417 e. The van der Waals surface area contributed by atoms with E-state index >= 15 is 0 Å². The van der Waals surface area contributed by atoms with Gasteiger partial charge in [-0.25, -0.2) is 13.6 Å². The lowest BCUT2D eigenvalue weighted by atomic mass is 10.1. The molecule has 10 heteroatoms. The van der Waals surface area contributed by atoms with Crippen molar-refractivity contribution in [2.45, 2.75) is 24.2 Å². The largest absolute Gasteiger partial charge is 0.417 e. The number of nitrogens with two attached hydrogens (primary N) is 1. The Morgan fingerprint density at radius 1 is 0.947 bits per heavy atom. The van der Waals surface area contributed by atoms with Crippen molar-refractivity contribution in [1.29, 1.82) is 0 Å². The number of alkyl halides is 6. The van der Waals surface area contributed by atoms with Gasteiger partial charge in [-0.1, -0.05) is 0 Å². The highest BCUT2D eigenvalue weighted by Gasteiger charge is 2.44. The Bertz CT molecular complexity index is 567. The second-order valence-corrected chi connectivity index (χ2v) is 5.23. The molecule has 19 heavy (non-hydrogen) atoms. The van der Waals surface area contributed by atoms with Crippen molar-refractivity contribution >= 4 is 10.0 Å². The van der Waals surface area contributed by atoms with E-state index in [1.54, 1.807) is 0 Å². The van der Waals surface area contributed by atoms with E-state index in [2.05, 4.69) is 5.14 Å². The number of benzene rings is 1. The van der Waals surface area contributed by atoms with Crippen molar-refractivity contribution in [1.82, 2.24) is 0 Å². The van der Waals surface area contributed by atoms with E-state index in [1.165, 1.54) is 0 Å². The third-order valence-corrected chi connectivity index (χ3v) is 3.14. The quantitative estimate of drug-likeness (QED) is 0.811. The highest BCUT2D eigenvalue weighted by Crippen LogP contribution is 2.41. The summed E-state index contributed by atoms with van der Waals surface area (Å²) in [6.45, 7) is 0.984. The molecule has 0 aliphatic heterocycles. The lowest BCUT2D eigenvalue weighted by molar-refractivity contribution is -0.147. The Hall–Kier alpha value is -1.29. The van der Waals surface area contributed by atoms with Crippen LogP contribution in [0.1, 0.15) is 16.7 Å². The van der Waals surface area contributed by atoms with Crippen LogP contribution in [0.25, 0.3) is 0 Å². The summed E-state index contributed by atoms with van der Waals surface area (Å²) >= 11 is 0. The molecule has 2 N–H and O–H groups in total. The summed E-state index contributed by atoms with van der Waals surface area (Å²) < 4.78 is 98.0. The molecule has 0 unspecified atom stereocenters. The second kappa shape index (κ2) is 4.37. The van der Waals surface area contributed by atoms with Gasteiger partial charge in [0.05, 0.1) is 11.1 Å². The lowest BCUT2D eigenvalue weighted by Gasteiger charge is -2.18. The van der Waals surface area contributed by atoms with Gasteiger partial charge < -0.3 is 0 Å². The molecular weight excluding hydrogens is 300 g/mol. The minimum Gasteiger partial charge on any atom is -0.225 e. The van der Waals surface area contributed by atoms with Gasteiger partial charge in [0.15, 0.2) is 0 Å². The molecule has 0 aliphatic rings. The number of hydrogen-bond acceptors (Lipinski definition) is 2. The van der Waals surface area contributed by atoms with E-state index < -0.39 is 38.4 Å². The summed E-state index contributed by atoms with van der Waals surface area (Å²) in [6.07, 6.45) is -10.5. The first-order chi connectivity index (χ1) is 8.24. The Balaban J connectivity index is 3.91. The number of aryl methyl sites for hydroxylation is 1. The van der Waals surface area contributed by atoms with Gasteiger partial charge in [-0.2, -0.15) is 26.3 Å². The number of rotatable bonds is 1. The summed E-state index contributed by atoms with van der Waals surface area (Å²) in [5, 5.41) is 4.47. The highest BCUT2D eigenvalue weighted by molar-refractivity contribution is 7.89. The molecule has 1 rings (SSSR count). The van der Waals surface area contributed by atoms with E-state index in [4.69, 9.17) is 0 Å². The fourth-order valence-electron chi connectivity index (χ4n) is 1.50. The Kier molecular flexibility index (Phi) is 3.63. The normalized spacial score (nSPS) is 13.7. The molecule has 0 saturated carbocycles. The monoisotopic (exact) mass is 307 g/mol. The van der Waals surface area contributed by atoms with E-state index in [1.807, 2.05) is 0 Å². The van der Waals surface area contributed by atoms with Crippen LogP contribution in [0.2, 0.25) is 0 Å². The van der Waals surface area contributed by atoms with Crippen LogP contribution in [0, 0.1) is 6.92 Å². The molecule has 0 spiro atoms. The maximum absolute atomic E-state index is 12.6. The Labute approximate surface area is 104 Å². The average molecular weight is 307 g/mol. The van der Waals surface area contributed by atoms with Gasteiger partial charge >= 0.3 is 12.4 Å². The van der Waals surface area contributed by atoms with Gasteiger partial charge in [0.2, 0.25) is 10.0 Å². The first kappa shape index (κ1) is 15.8. The van der Waals surface area contributed by atoms with Crippen LogP contribution in [-0.4, -0.2) is 8.42 Å². The van der Waals surface area contributed by atoms with Crippen molar-refractivity contribution < 1.29 is 34.8 Å². The number of halogens is 6. The maximum atomic E-state index is 12.6. The van der Waals surface area contributed by atoms with Crippen LogP contribution in [0.3, 0.4) is 0 Å². The van der Waals surface area contributed by atoms with E-state index in [0.717, 1.165) is 6.92 Å². The number of primary sulfonamides is 1. The average Bonchev–Trinajstić information content (AvgIpc) is 2.11. The highest BCUT2D eigenvalue weighted by atomic mass is 32.2. The minimum atomic E-state index is -5.27. The van der Waals surface area contributed by atoms with E-state index in [0.29, 0.717) is 12.1 Å². The summed E-state index contributed by atoms with van der Waals surface area (Å²) in [5.41, 5.74) is -4.24. The molecule has 0 heterocycles. The molecule has 108 valence electrons. The van der Waals surface area contributed by atoms with Crippen molar-refractivity contribution in [2.75, 3.05) is 0 Å². The molecule has 0 saturated heterocycles. The van der Waals surface area contributed by atoms with Gasteiger partial charge in [-0.15, -0.1) is 0 Å². The van der Waals surface area contributed by atoms with Gasteiger partial charge in [0, 0.05) is 0 Å². The zero-order valence-corrected chi connectivity index (χ0v) is 10.0. The van der Waals surface area contributed by atoms with E-state index in [9.17, 15) is 34.8 Å². The SMILES string of the molecule is Cc1cc(C(F)(F)F)c(S(N)(=O)=O)c(C(F)(F)F)c1. The topological polar surface area (TPSA) is 60.2 Å². The van der Waals surface area contributed by atoms with Crippen LogP contribution in [0.5, 0.6) is 0 Å². The van der Waals surface area contributed by atoms with Crippen LogP contribution < -0.4 is 5.14 Å². The molecule has 0 radical (unpaired) electrons. The minimum absolute atomic E-state index is 0.301. The molecule has 1 aromatic carbocycles. The number of hydrogen-bond donors (Lipinski definition) is 1. The predicted molar refractivity (Wildman–Crippen MR) is 52.6 cm³/mol. The Morgan fingerprint density at radius 2 is 1.26 bits per heavy atom. The third kappa shape index (κ3) is 3.38. The van der Waals surface area contributed by atoms with Crippen molar-refractivity contribution in [3.63, 3.8) is 0 Å². The van der Waals surface area contributed by atoms with Crippen LogP contribution in [-0.2, 0) is 22.4 Å². The predicted octanol–water partition coefficient (Wildman–Crippen LogP) is 2.68. The standard InChI is InChI=1S/C9H7F6NO2S/c1-4-2-5(8(10,11)12)7(19(16,17)18)6(3-4)9(13,14)15/h2-3H,1H3,(H2,16,17,18). The molecular formula is C9H7F6NO2S. The fourth-order valence-corrected chi connectivity index (χ4v) is 2.46. The molecule has 1 aromatic rings. The first-order valence-electron chi connectivity index (χ1n) is 4.56. The third-order valence-electron chi connectivity index (χ3n) is 2.13. The van der Waals surface area contributed by atoms with Gasteiger partial charge in [0.25, 0.3) is 0 Å². The molecule has 0 amide bonds. The molecule has 0 aliphatic carbocycles. The Morgan fingerprint density at radius 3 is 1.47 bits per heavy atom. The zero-order valence-electron chi connectivity index (χ0n) is 9.22. The molecule has 0 atom stereocenters. The van der Waals surface area contributed by atoms with Crippen molar-refractivity contribution in [2.24, 2.45) is 5.14 Å². The summed E-state index contributed by atoms with van der Waals surface area (Å²) in [6, 6.07) is 0.601. The molecule has 0 aromatic heterocycles. The lowest BCUT2D eigenvalue weighted by Crippen LogP contribution is -2.24. The van der Waals surface area contributed by atoms with Crippen LogP contribution in [0.15, 0.2) is 17.0 Å². The van der Waals surface area contributed by atoms with Gasteiger partial charge in [-0.05, 0) is 24.6 Å². The number of sulfonamides is 1. The first-order valence-corrected chi connectivity index (χ1v) is 6.11. The molecule has 3 nitrogen and oxygen atoms in total. The summed E-state index contributed by atoms with van der Waals surface area (Å²) in [7, 11) is -5.19. The van der Waals surface area contributed by atoms with Crippen molar-refractivity contribution in [3.05, 3.63) is 28.8 Å². The second-order valence-electron chi connectivity index (χ2n) is 3.73. The fraction of sp³-hybridized carbons (Fsp3) is 0.333. The van der Waals surface area contributed by atoms with Crippen LogP contribution >= 0.6 is 0 Å². The summed E-state index contributed by atoms with van der Waals surface area (Å²) in [5.74, 6) is 0. The molecule has 0 fully saturated rings. The van der Waals surface area contributed by atoms with Crippen LogP contribution in [0.4, 0.5) is 26.3 Å². The summed E-state index contributed by atoms with van der Waals surface area (Å²) in [4.78, 5) is -1.96. The smallest absolute Gasteiger partial charge is 0.225 e.